The van der Waals surface area contributed by atoms with Crippen molar-refractivity contribution in [3.8, 4) is 0 Å². The van der Waals surface area contributed by atoms with E-state index in [2.05, 4.69) is 21.5 Å². The van der Waals surface area contributed by atoms with Crippen LogP contribution in [0.2, 0.25) is 0 Å². The molecule has 2 unspecified atom stereocenters. The van der Waals surface area contributed by atoms with Crippen molar-refractivity contribution < 1.29 is 14.3 Å². The predicted octanol–water partition coefficient (Wildman–Crippen LogP) is 1.17. The summed E-state index contributed by atoms with van der Waals surface area (Å²) in [4.78, 5) is 26.0. The molecule has 8 nitrogen and oxygen atoms in total. The number of hydrogen-bond donors (Lipinski definition) is 4. The lowest BCUT2D eigenvalue weighted by Gasteiger charge is -2.21. The van der Waals surface area contributed by atoms with Gasteiger partial charge in [0.1, 0.15) is 0 Å². The number of carbonyl (C=O) groups is 2. The van der Waals surface area contributed by atoms with Crippen molar-refractivity contribution >= 4 is 17.6 Å². The molecule has 148 valence electrons. The molecule has 3 rings (SSSR count). The average Bonchev–Trinajstić information content (AvgIpc) is 3.42. The smallest absolute Gasteiger partial charge is 0.321 e. The van der Waals surface area contributed by atoms with Crippen molar-refractivity contribution in [3.63, 3.8) is 0 Å². The van der Waals surface area contributed by atoms with Gasteiger partial charge in [-0.1, -0.05) is 0 Å². The monoisotopic (exact) mass is 375 g/mol. The summed E-state index contributed by atoms with van der Waals surface area (Å²) in [6.45, 7) is 1.57. The van der Waals surface area contributed by atoms with Crippen molar-refractivity contribution in [2.45, 2.75) is 31.3 Å². The van der Waals surface area contributed by atoms with Gasteiger partial charge in [-0.15, -0.1) is 0 Å². The van der Waals surface area contributed by atoms with E-state index >= 15 is 0 Å². The maximum absolute atomic E-state index is 12.4. The number of ether oxygens (including phenoxy) is 1. The highest BCUT2D eigenvalue weighted by molar-refractivity contribution is 5.95. The first-order chi connectivity index (χ1) is 13.1. The number of hydrazine groups is 1. The Morgan fingerprint density at radius 1 is 1.22 bits per heavy atom. The quantitative estimate of drug-likeness (QED) is 0.512. The second-order valence-electron chi connectivity index (χ2n) is 7.30. The first kappa shape index (κ1) is 19.6. The molecule has 1 aromatic rings. The molecule has 1 aliphatic heterocycles. The molecule has 0 aromatic heterocycles. The fourth-order valence-electron chi connectivity index (χ4n) is 3.28. The summed E-state index contributed by atoms with van der Waals surface area (Å²) in [5.74, 6) is 0.638. The van der Waals surface area contributed by atoms with Gasteiger partial charge in [0, 0.05) is 50.6 Å². The third-order valence-corrected chi connectivity index (χ3v) is 5.03. The lowest BCUT2D eigenvalue weighted by atomic mass is 10.1. The molecular weight excluding hydrogens is 346 g/mol. The van der Waals surface area contributed by atoms with Crippen LogP contribution in [0.25, 0.3) is 0 Å². The molecular formula is C19H29N5O3. The summed E-state index contributed by atoms with van der Waals surface area (Å²) in [6, 6.07) is 7.49. The van der Waals surface area contributed by atoms with E-state index in [0.29, 0.717) is 37.0 Å². The number of benzene rings is 1. The number of hydrogen-bond acceptors (Lipinski definition) is 5. The lowest BCUT2D eigenvalue weighted by Crippen LogP contribution is -2.43. The van der Waals surface area contributed by atoms with E-state index in [-0.39, 0.29) is 18.0 Å². The van der Waals surface area contributed by atoms with Crippen LogP contribution in [0.1, 0.15) is 29.6 Å². The van der Waals surface area contributed by atoms with Gasteiger partial charge in [-0.3, -0.25) is 15.6 Å². The number of nitrogens with zero attached hydrogens (tertiary/aromatic N) is 1. The van der Waals surface area contributed by atoms with Crippen molar-refractivity contribution in [3.05, 3.63) is 29.8 Å². The second kappa shape index (κ2) is 9.16. The van der Waals surface area contributed by atoms with Crippen LogP contribution in [0, 0.1) is 5.92 Å². The Kier molecular flexibility index (Phi) is 6.65. The average molecular weight is 375 g/mol. The highest BCUT2D eigenvalue weighted by Gasteiger charge is 2.36. The zero-order valence-electron chi connectivity index (χ0n) is 16.0. The summed E-state index contributed by atoms with van der Waals surface area (Å²) >= 11 is 0. The zero-order valence-corrected chi connectivity index (χ0v) is 16.0. The maximum Gasteiger partial charge on any atom is 0.321 e. The molecule has 4 N–H and O–H groups in total. The van der Waals surface area contributed by atoms with E-state index in [1.54, 1.807) is 43.3 Å². The zero-order chi connectivity index (χ0) is 19.2. The molecule has 2 aliphatic rings. The molecule has 1 aliphatic carbocycles. The third-order valence-electron chi connectivity index (χ3n) is 5.03. The van der Waals surface area contributed by atoms with Gasteiger partial charge < -0.3 is 20.3 Å². The van der Waals surface area contributed by atoms with Crippen LogP contribution in [0.4, 0.5) is 10.5 Å². The number of anilines is 1. The molecule has 8 heteroatoms. The molecule has 2 atom stereocenters. The summed E-state index contributed by atoms with van der Waals surface area (Å²) in [7, 11) is 3.38. The van der Waals surface area contributed by atoms with Crippen LogP contribution < -0.4 is 21.5 Å². The molecule has 27 heavy (non-hydrogen) atoms. The normalized spacial score (nSPS) is 21.7. The third kappa shape index (κ3) is 5.66. The van der Waals surface area contributed by atoms with Crippen LogP contribution >= 0.6 is 0 Å². The number of carbonyl (C=O) groups excluding carboxylic acids is 2. The highest BCUT2D eigenvalue weighted by atomic mass is 16.5. The Hall–Kier alpha value is -2.16. The van der Waals surface area contributed by atoms with Gasteiger partial charge in [0.15, 0.2) is 0 Å². The van der Waals surface area contributed by atoms with Gasteiger partial charge in [0.2, 0.25) is 0 Å². The largest absolute Gasteiger partial charge is 0.383 e. The standard InChI is InChI=1S/C19H29N5O3/c1-24(12-16-11-17(23-22-16)13-3-4-13)19(26)21-15-7-5-14(6-8-15)18(25)20-9-10-27-2/h5-8,13,16-17,22-23H,3-4,9-12H2,1-2H3,(H,20,25)(H,21,26). The summed E-state index contributed by atoms with van der Waals surface area (Å²) in [5, 5.41) is 5.63. The van der Waals surface area contributed by atoms with Crippen LogP contribution in [0.15, 0.2) is 24.3 Å². The molecule has 0 bridgehead atoms. The number of urea groups is 1. The second-order valence-corrected chi connectivity index (χ2v) is 7.30. The van der Waals surface area contributed by atoms with E-state index in [0.717, 1.165) is 12.3 Å². The number of amides is 3. The molecule has 3 amide bonds. The first-order valence-electron chi connectivity index (χ1n) is 9.47. The Morgan fingerprint density at radius 2 is 1.96 bits per heavy atom. The van der Waals surface area contributed by atoms with E-state index in [1.807, 2.05) is 0 Å². The molecule has 2 fully saturated rings. The van der Waals surface area contributed by atoms with Crippen molar-refractivity contribution in [1.82, 2.24) is 21.1 Å². The molecule has 1 saturated carbocycles. The van der Waals surface area contributed by atoms with E-state index in [1.165, 1.54) is 12.8 Å². The highest BCUT2D eigenvalue weighted by Crippen LogP contribution is 2.35. The first-order valence-corrected chi connectivity index (χ1v) is 9.47. The summed E-state index contributed by atoms with van der Waals surface area (Å²) in [6.07, 6.45) is 3.67. The number of rotatable bonds is 8. The van der Waals surface area contributed by atoms with Crippen molar-refractivity contribution in [1.29, 1.82) is 0 Å². The molecule has 1 aromatic carbocycles. The maximum atomic E-state index is 12.4. The van der Waals surface area contributed by atoms with Gasteiger partial charge >= 0.3 is 6.03 Å². The lowest BCUT2D eigenvalue weighted by molar-refractivity contribution is 0.0937. The van der Waals surface area contributed by atoms with Crippen molar-refractivity contribution in [2.75, 3.05) is 39.2 Å². The predicted molar refractivity (Wildman–Crippen MR) is 103 cm³/mol. The Labute approximate surface area is 160 Å². The minimum atomic E-state index is -0.163. The van der Waals surface area contributed by atoms with Gasteiger partial charge in [0.05, 0.1) is 6.61 Å². The molecule has 0 radical (unpaired) electrons. The van der Waals surface area contributed by atoms with Crippen LogP contribution in [-0.4, -0.2) is 62.8 Å². The number of methoxy groups -OCH3 is 1. The fraction of sp³-hybridized carbons (Fsp3) is 0.579. The minimum Gasteiger partial charge on any atom is -0.383 e. The van der Waals surface area contributed by atoms with Crippen LogP contribution in [0.3, 0.4) is 0 Å². The summed E-state index contributed by atoms with van der Waals surface area (Å²) < 4.78 is 4.91. The van der Waals surface area contributed by atoms with Gasteiger partial charge in [-0.05, 0) is 49.4 Å². The Bertz CT molecular complexity index is 647. The number of likely N-dealkylation sites (N-methyl/N-ethyl adjacent to an activating group) is 1. The van der Waals surface area contributed by atoms with Gasteiger partial charge in [0.25, 0.3) is 5.91 Å². The molecule has 0 spiro atoms. The van der Waals surface area contributed by atoms with E-state index in [9.17, 15) is 9.59 Å². The summed E-state index contributed by atoms with van der Waals surface area (Å²) in [5.41, 5.74) is 7.84. The number of nitrogens with one attached hydrogen (secondary N) is 4. The van der Waals surface area contributed by atoms with Crippen molar-refractivity contribution in [2.24, 2.45) is 5.92 Å². The van der Waals surface area contributed by atoms with Crippen LogP contribution in [0.5, 0.6) is 0 Å². The van der Waals surface area contributed by atoms with Crippen LogP contribution in [-0.2, 0) is 4.74 Å². The van der Waals surface area contributed by atoms with E-state index in [4.69, 9.17) is 4.74 Å². The fourth-order valence-corrected chi connectivity index (χ4v) is 3.28. The Morgan fingerprint density at radius 3 is 2.63 bits per heavy atom. The topological polar surface area (TPSA) is 94.7 Å². The minimum absolute atomic E-state index is 0.160. The SMILES string of the molecule is COCCNC(=O)c1ccc(NC(=O)N(C)CC2CC(C3CC3)NN2)cc1. The Balaban J connectivity index is 1.43. The molecule has 1 saturated heterocycles. The molecule has 1 heterocycles. The van der Waals surface area contributed by atoms with E-state index < -0.39 is 0 Å². The van der Waals surface area contributed by atoms with Gasteiger partial charge in [-0.25, -0.2) is 4.79 Å². The van der Waals surface area contributed by atoms with Gasteiger partial charge in [-0.2, -0.15) is 0 Å².